The Bertz CT molecular complexity index is 354. The van der Waals surface area contributed by atoms with Crippen molar-refractivity contribution in [2.45, 2.75) is 25.2 Å². The van der Waals surface area contributed by atoms with Gasteiger partial charge in [-0.15, -0.1) is 11.8 Å². The molecule has 4 heteroatoms. The Kier molecular flexibility index (Phi) is 6.83. The molecule has 0 spiro atoms. The van der Waals surface area contributed by atoms with Crippen LogP contribution in [0.3, 0.4) is 0 Å². The van der Waals surface area contributed by atoms with Crippen LogP contribution in [0.2, 0.25) is 0 Å². The molecular weight excluding hydrogens is 246 g/mol. The first-order chi connectivity index (χ1) is 8.59. The van der Waals surface area contributed by atoms with Gasteiger partial charge in [0.25, 0.3) is 0 Å². The number of carbonyl (C=O) groups excluding carboxylic acids is 1. The van der Waals surface area contributed by atoms with Gasteiger partial charge in [0.2, 0.25) is 5.91 Å². The first kappa shape index (κ1) is 15.1. The molecule has 0 aromatic heterocycles. The third-order valence-corrected chi connectivity index (χ3v) is 3.63. The first-order valence-electron chi connectivity index (χ1n) is 6.13. The number of nitrogens with zero attached hydrogens (tertiary/aromatic N) is 1. The fourth-order valence-corrected chi connectivity index (χ4v) is 2.37. The highest BCUT2D eigenvalue weighted by Crippen LogP contribution is 2.12. The maximum absolute atomic E-state index is 11.8. The monoisotopic (exact) mass is 267 g/mol. The molecule has 0 aliphatic heterocycles. The van der Waals surface area contributed by atoms with Crippen LogP contribution in [-0.4, -0.2) is 41.4 Å². The smallest absolute Gasteiger partial charge is 0.232 e. The van der Waals surface area contributed by atoms with E-state index >= 15 is 0 Å². The summed E-state index contributed by atoms with van der Waals surface area (Å²) < 4.78 is 0. The minimum absolute atomic E-state index is 0.122. The van der Waals surface area contributed by atoms with E-state index in [1.165, 1.54) is 5.56 Å². The van der Waals surface area contributed by atoms with E-state index in [0.29, 0.717) is 18.7 Å². The van der Waals surface area contributed by atoms with Crippen LogP contribution in [0.25, 0.3) is 0 Å². The summed E-state index contributed by atoms with van der Waals surface area (Å²) >= 11 is 1.62. The van der Waals surface area contributed by atoms with Crippen LogP contribution < -0.4 is 0 Å². The summed E-state index contributed by atoms with van der Waals surface area (Å²) in [6.07, 6.45) is 0.281. The van der Waals surface area contributed by atoms with Gasteiger partial charge >= 0.3 is 0 Å². The van der Waals surface area contributed by atoms with Crippen LogP contribution in [0.15, 0.2) is 30.3 Å². The van der Waals surface area contributed by atoms with Crippen molar-refractivity contribution in [3.05, 3.63) is 35.9 Å². The normalized spacial score (nSPS) is 12.2. The van der Waals surface area contributed by atoms with E-state index in [9.17, 15) is 4.79 Å². The Labute approximate surface area is 113 Å². The second-order valence-corrected chi connectivity index (χ2v) is 5.42. The highest BCUT2D eigenvalue weighted by atomic mass is 32.2. The predicted octanol–water partition coefficient (Wildman–Crippen LogP) is 2.15. The Morgan fingerprint density at radius 3 is 2.67 bits per heavy atom. The zero-order valence-electron chi connectivity index (χ0n) is 11.0. The van der Waals surface area contributed by atoms with Crippen molar-refractivity contribution in [1.82, 2.24) is 4.90 Å². The van der Waals surface area contributed by atoms with Crippen molar-refractivity contribution in [3.8, 4) is 0 Å². The second kappa shape index (κ2) is 8.16. The minimum Gasteiger partial charge on any atom is -0.393 e. The van der Waals surface area contributed by atoms with Gasteiger partial charge in [0.1, 0.15) is 0 Å². The van der Waals surface area contributed by atoms with Gasteiger partial charge in [-0.25, -0.2) is 0 Å². The average molecular weight is 267 g/mol. The zero-order chi connectivity index (χ0) is 13.4. The lowest BCUT2D eigenvalue weighted by atomic mass is 10.2. The van der Waals surface area contributed by atoms with Crippen molar-refractivity contribution >= 4 is 17.7 Å². The van der Waals surface area contributed by atoms with E-state index in [1.807, 2.05) is 18.2 Å². The predicted molar refractivity (Wildman–Crippen MR) is 76.5 cm³/mol. The molecule has 1 amide bonds. The summed E-state index contributed by atoms with van der Waals surface area (Å²) in [5.41, 5.74) is 1.24. The molecule has 1 N–H and O–H groups in total. The lowest BCUT2D eigenvalue weighted by Gasteiger charge is -2.17. The Hall–Kier alpha value is -1.00. The van der Waals surface area contributed by atoms with Crippen LogP contribution in [0, 0.1) is 0 Å². The average Bonchev–Trinajstić information content (AvgIpc) is 2.37. The molecule has 0 heterocycles. The molecule has 18 heavy (non-hydrogen) atoms. The highest BCUT2D eigenvalue weighted by molar-refractivity contribution is 7.99. The number of hydrogen-bond acceptors (Lipinski definition) is 3. The van der Waals surface area contributed by atoms with E-state index in [2.05, 4.69) is 12.1 Å². The van der Waals surface area contributed by atoms with E-state index in [4.69, 9.17) is 5.11 Å². The number of benzene rings is 1. The molecule has 0 saturated carbocycles. The third kappa shape index (κ3) is 6.07. The summed E-state index contributed by atoms with van der Waals surface area (Å²) in [6.45, 7) is 2.35. The molecule has 0 bridgehead atoms. The molecule has 0 saturated heterocycles. The number of thioether (sulfide) groups is 1. The molecule has 1 rings (SSSR count). The van der Waals surface area contributed by atoms with E-state index in [0.717, 1.165) is 5.75 Å². The van der Waals surface area contributed by atoms with Crippen molar-refractivity contribution in [1.29, 1.82) is 0 Å². The molecule has 0 aliphatic rings. The lowest BCUT2D eigenvalue weighted by molar-refractivity contribution is -0.127. The van der Waals surface area contributed by atoms with Crippen molar-refractivity contribution in [2.24, 2.45) is 0 Å². The van der Waals surface area contributed by atoms with Crippen LogP contribution in [0.4, 0.5) is 0 Å². The molecule has 3 nitrogen and oxygen atoms in total. The summed E-state index contributed by atoms with van der Waals surface area (Å²) in [7, 11) is 1.79. The number of rotatable bonds is 7. The van der Waals surface area contributed by atoms with Crippen molar-refractivity contribution in [2.75, 3.05) is 19.3 Å². The number of aliphatic hydroxyl groups is 1. The number of aliphatic hydroxyl groups excluding tert-OH is 1. The highest BCUT2D eigenvalue weighted by Gasteiger charge is 2.09. The summed E-state index contributed by atoms with van der Waals surface area (Å²) in [4.78, 5) is 13.5. The largest absolute Gasteiger partial charge is 0.393 e. The standard InChI is InChI=1S/C14H21NO2S/c1-12(16)8-9-15(2)14(17)11-18-10-13-6-4-3-5-7-13/h3-7,12,16H,8-11H2,1-2H3. The molecule has 1 aromatic rings. The number of carbonyl (C=O) groups is 1. The lowest BCUT2D eigenvalue weighted by Crippen LogP contribution is -2.30. The van der Waals surface area contributed by atoms with Crippen LogP contribution in [0.5, 0.6) is 0 Å². The third-order valence-electron chi connectivity index (χ3n) is 2.65. The van der Waals surface area contributed by atoms with Gasteiger partial charge in [-0.1, -0.05) is 30.3 Å². The summed E-state index contributed by atoms with van der Waals surface area (Å²) in [5.74, 6) is 1.47. The van der Waals surface area contributed by atoms with Gasteiger partial charge < -0.3 is 10.0 Å². The SMILES string of the molecule is CC(O)CCN(C)C(=O)CSCc1ccccc1. The first-order valence-corrected chi connectivity index (χ1v) is 7.28. The quantitative estimate of drug-likeness (QED) is 0.823. The van der Waals surface area contributed by atoms with E-state index in [-0.39, 0.29) is 12.0 Å². The molecule has 1 aromatic carbocycles. The Balaban J connectivity index is 2.20. The molecule has 0 radical (unpaired) electrons. The molecule has 100 valence electrons. The van der Waals surface area contributed by atoms with Gasteiger partial charge in [0.05, 0.1) is 11.9 Å². The molecule has 1 unspecified atom stereocenters. The zero-order valence-corrected chi connectivity index (χ0v) is 11.8. The molecule has 0 fully saturated rings. The summed E-state index contributed by atoms with van der Waals surface area (Å²) in [5, 5.41) is 9.16. The van der Waals surface area contributed by atoms with Crippen molar-refractivity contribution < 1.29 is 9.90 Å². The van der Waals surface area contributed by atoms with Crippen LogP contribution in [0.1, 0.15) is 18.9 Å². The summed E-state index contributed by atoms with van der Waals surface area (Å²) in [6, 6.07) is 10.1. The number of amides is 1. The van der Waals surface area contributed by atoms with Gasteiger partial charge in [-0.3, -0.25) is 4.79 Å². The van der Waals surface area contributed by atoms with E-state index < -0.39 is 0 Å². The number of hydrogen-bond donors (Lipinski definition) is 1. The maximum atomic E-state index is 11.8. The Morgan fingerprint density at radius 1 is 1.39 bits per heavy atom. The minimum atomic E-state index is -0.350. The molecule has 1 atom stereocenters. The molecular formula is C14H21NO2S. The van der Waals surface area contributed by atoms with Crippen LogP contribution >= 0.6 is 11.8 Å². The van der Waals surface area contributed by atoms with Crippen LogP contribution in [-0.2, 0) is 10.5 Å². The van der Waals surface area contributed by atoms with Gasteiger partial charge in [0, 0.05) is 19.3 Å². The van der Waals surface area contributed by atoms with Gasteiger partial charge in [0.15, 0.2) is 0 Å². The topological polar surface area (TPSA) is 40.5 Å². The van der Waals surface area contributed by atoms with E-state index in [1.54, 1.807) is 30.6 Å². The van der Waals surface area contributed by atoms with Gasteiger partial charge in [-0.2, -0.15) is 0 Å². The fourth-order valence-electron chi connectivity index (χ4n) is 1.45. The maximum Gasteiger partial charge on any atom is 0.232 e. The Morgan fingerprint density at radius 2 is 2.06 bits per heavy atom. The fraction of sp³-hybridized carbons (Fsp3) is 0.500. The van der Waals surface area contributed by atoms with Crippen molar-refractivity contribution in [3.63, 3.8) is 0 Å². The molecule has 0 aliphatic carbocycles. The van der Waals surface area contributed by atoms with Gasteiger partial charge in [-0.05, 0) is 18.9 Å². The second-order valence-electron chi connectivity index (χ2n) is 4.43.